The highest BCUT2D eigenvalue weighted by molar-refractivity contribution is 9.10. The van der Waals surface area contributed by atoms with Gasteiger partial charge in [-0.3, -0.25) is 13.9 Å². The number of sulfonamides is 1. The number of methoxy groups -OCH3 is 1. The molecular weight excluding hydrogens is 630 g/mol. The summed E-state index contributed by atoms with van der Waals surface area (Å²) in [4.78, 5) is 28.8. The summed E-state index contributed by atoms with van der Waals surface area (Å²) in [5.74, 6) is -0.442. The van der Waals surface area contributed by atoms with Gasteiger partial charge in [0.25, 0.3) is 10.0 Å². The van der Waals surface area contributed by atoms with Gasteiger partial charge in [-0.1, -0.05) is 70.7 Å². The van der Waals surface area contributed by atoms with E-state index in [-0.39, 0.29) is 34.1 Å². The first-order valence-corrected chi connectivity index (χ1v) is 16.0. The molecule has 1 atom stereocenters. The lowest BCUT2D eigenvalue weighted by atomic mass is 10.1. The van der Waals surface area contributed by atoms with Crippen LogP contribution >= 0.6 is 27.5 Å². The monoisotopic (exact) mass is 661 g/mol. The molecule has 0 aliphatic heterocycles. The van der Waals surface area contributed by atoms with E-state index in [0.29, 0.717) is 5.75 Å². The van der Waals surface area contributed by atoms with E-state index in [2.05, 4.69) is 21.2 Å². The van der Waals surface area contributed by atoms with E-state index >= 15 is 0 Å². The summed E-state index contributed by atoms with van der Waals surface area (Å²) in [6.07, 6.45) is 3.91. The lowest BCUT2D eigenvalue weighted by molar-refractivity contribution is -0.139. The molecule has 11 heteroatoms. The van der Waals surface area contributed by atoms with Crippen LogP contribution in [0.1, 0.15) is 38.2 Å². The molecule has 3 aromatic carbocycles. The van der Waals surface area contributed by atoms with E-state index in [0.717, 1.165) is 40.0 Å². The molecule has 0 heterocycles. The van der Waals surface area contributed by atoms with E-state index in [9.17, 15) is 18.0 Å². The Balaban J connectivity index is 1.70. The third-order valence-electron chi connectivity index (χ3n) is 7.14. The fourth-order valence-corrected chi connectivity index (χ4v) is 6.99. The quantitative estimate of drug-likeness (QED) is 0.281. The van der Waals surface area contributed by atoms with Crippen molar-refractivity contribution in [3.05, 3.63) is 87.9 Å². The number of anilines is 1. The van der Waals surface area contributed by atoms with E-state index < -0.39 is 28.5 Å². The number of carbonyl (C=O) groups is 2. The van der Waals surface area contributed by atoms with Crippen LogP contribution in [-0.4, -0.2) is 50.9 Å². The maximum Gasteiger partial charge on any atom is 0.264 e. The van der Waals surface area contributed by atoms with Crippen molar-refractivity contribution in [3.63, 3.8) is 0 Å². The number of benzene rings is 3. The second-order valence-corrected chi connectivity index (χ2v) is 13.1. The maximum absolute atomic E-state index is 14.1. The van der Waals surface area contributed by atoms with Crippen molar-refractivity contribution in [2.24, 2.45) is 0 Å². The third kappa shape index (κ3) is 7.61. The van der Waals surface area contributed by atoms with Crippen LogP contribution in [0.3, 0.4) is 0 Å². The summed E-state index contributed by atoms with van der Waals surface area (Å²) in [7, 11) is -2.73. The van der Waals surface area contributed by atoms with Gasteiger partial charge in [0, 0.05) is 17.1 Å². The smallest absolute Gasteiger partial charge is 0.264 e. The molecule has 1 aliphatic carbocycles. The highest BCUT2D eigenvalue weighted by atomic mass is 79.9. The number of amides is 2. The van der Waals surface area contributed by atoms with Crippen LogP contribution in [0.15, 0.2) is 82.2 Å². The van der Waals surface area contributed by atoms with Crippen LogP contribution in [0.4, 0.5) is 5.69 Å². The average molecular weight is 663 g/mol. The molecule has 1 aliphatic rings. The van der Waals surface area contributed by atoms with E-state index in [1.165, 1.54) is 36.3 Å². The Hall–Kier alpha value is -3.08. The molecule has 1 unspecified atom stereocenters. The lowest BCUT2D eigenvalue weighted by Crippen LogP contribution is -2.52. The number of rotatable bonds is 11. The molecule has 0 spiro atoms. The standard InChI is InChI=1S/C30H33BrClN3O5S/c1-21(30(37)33-24-11-6-7-12-24)34(19-22-9-8-10-23(31)17-22)29(36)20-35(25-15-16-28(40-2)27(32)18-25)41(38,39)26-13-4-3-5-14-26/h3-5,8-10,13-18,21,24H,6-7,11-12,19-20H2,1-2H3,(H,33,37). The largest absolute Gasteiger partial charge is 0.495 e. The van der Waals surface area contributed by atoms with Gasteiger partial charge >= 0.3 is 0 Å². The zero-order valence-corrected chi connectivity index (χ0v) is 26.1. The SMILES string of the molecule is COc1ccc(N(CC(=O)N(Cc2cccc(Br)c2)C(C)C(=O)NC2CCCC2)S(=O)(=O)c2ccccc2)cc1Cl. The zero-order valence-electron chi connectivity index (χ0n) is 22.9. The molecule has 2 amide bonds. The van der Waals surface area contributed by atoms with Crippen molar-refractivity contribution in [1.82, 2.24) is 10.2 Å². The Morgan fingerprint density at radius 3 is 2.39 bits per heavy atom. The fourth-order valence-electron chi connectivity index (χ4n) is 4.87. The summed E-state index contributed by atoms with van der Waals surface area (Å²) >= 11 is 9.83. The molecule has 0 radical (unpaired) electrons. The topological polar surface area (TPSA) is 96.0 Å². The van der Waals surface area contributed by atoms with Crippen molar-refractivity contribution in [2.45, 2.75) is 56.1 Å². The number of nitrogens with one attached hydrogen (secondary N) is 1. The predicted octanol–water partition coefficient (Wildman–Crippen LogP) is 5.78. The van der Waals surface area contributed by atoms with E-state index in [4.69, 9.17) is 16.3 Å². The highest BCUT2D eigenvalue weighted by Crippen LogP contribution is 2.32. The number of hydrogen-bond donors (Lipinski definition) is 1. The molecule has 4 rings (SSSR count). The highest BCUT2D eigenvalue weighted by Gasteiger charge is 2.33. The lowest BCUT2D eigenvalue weighted by Gasteiger charge is -2.32. The molecule has 1 saturated carbocycles. The van der Waals surface area contributed by atoms with E-state index in [1.54, 1.807) is 31.2 Å². The van der Waals surface area contributed by atoms with E-state index in [1.807, 2.05) is 24.3 Å². The summed E-state index contributed by atoms with van der Waals surface area (Å²) in [5, 5.41) is 3.26. The van der Waals surface area contributed by atoms with Crippen molar-refractivity contribution >= 4 is 55.1 Å². The van der Waals surface area contributed by atoms with Crippen molar-refractivity contribution in [1.29, 1.82) is 0 Å². The van der Waals surface area contributed by atoms with Gasteiger partial charge in [-0.25, -0.2) is 8.42 Å². The molecular formula is C30H33BrClN3O5S. The number of ether oxygens (including phenoxy) is 1. The Kier molecular flexibility index (Phi) is 10.3. The average Bonchev–Trinajstić information content (AvgIpc) is 3.47. The number of carbonyl (C=O) groups excluding carboxylic acids is 2. The number of halogens is 2. The van der Waals surface area contributed by atoms with Gasteiger partial charge in [-0.15, -0.1) is 0 Å². The van der Waals surface area contributed by atoms with Gasteiger partial charge in [-0.2, -0.15) is 0 Å². The van der Waals surface area contributed by atoms with Gasteiger partial charge < -0.3 is 15.0 Å². The van der Waals surface area contributed by atoms with Gasteiger partial charge in [0.2, 0.25) is 11.8 Å². The van der Waals surface area contributed by atoms with Gasteiger partial charge in [0.15, 0.2) is 0 Å². The first-order chi connectivity index (χ1) is 19.6. The molecule has 0 aromatic heterocycles. The molecule has 8 nitrogen and oxygen atoms in total. The van der Waals surface area contributed by atoms with Crippen LogP contribution in [0.5, 0.6) is 5.75 Å². The Morgan fingerprint density at radius 1 is 1.05 bits per heavy atom. The van der Waals surface area contributed by atoms with Crippen LogP contribution in [-0.2, 0) is 26.2 Å². The van der Waals surface area contributed by atoms with Gasteiger partial charge in [0.1, 0.15) is 18.3 Å². The summed E-state index contributed by atoms with van der Waals surface area (Å²) in [6, 6.07) is 19.1. The van der Waals surface area contributed by atoms with Crippen molar-refractivity contribution < 1.29 is 22.7 Å². The second-order valence-electron chi connectivity index (χ2n) is 9.96. The first kappa shape index (κ1) is 30.9. The second kappa shape index (κ2) is 13.7. The summed E-state index contributed by atoms with van der Waals surface area (Å²) in [5.41, 5.74) is 0.983. The zero-order chi connectivity index (χ0) is 29.6. The molecule has 218 valence electrons. The minimum absolute atomic E-state index is 0.0188. The molecule has 3 aromatic rings. The predicted molar refractivity (Wildman–Crippen MR) is 164 cm³/mol. The fraction of sp³-hybridized carbons (Fsp3) is 0.333. The molecule has 0 bridgehead atoms. The van der Waals surface area contributed by atoms with Gasteiger partial charge in [-0.05, 0) is 67.8 Å². The van der Waals surface area contributed by atoms with Crippen LogP contribution in [0.2, 0.25) is 5.02 Å². The molecule has 1 fully saturated rings. The Bertz CT molecular complexity index is 1480. The summed E-state index contributed by atoms with van der Waals surface area (Å²) in [6.45, 7) is 1.23. The first-order valence-electron chi connectivity index (χ1n) is 13.4. The number of nitrogens with zero attached hydrogens (tertiary/aromatic N) is 2. The third-order valence-corrected chi connectivity index (χ3v) is 9.72. The minimum Gasteiger partial charge on any atom is -0.495 e. The summed E-state index contributed by atoms with van der Waals surface area (Å²) < 4.78 is 34.9. The molecule has 41 heavy (non-hydrogen) atoms. The Labute approximate surface area is 254 Å². The van der Waals surface area contributed by atoms with Crippen molar-refractivity contribution in [2.75, 3.05) is 18.0 Å². The molecule has 0 saturated heterocycles. The maximum atomic E-state index is 14.1. The van der Waals surface area contributed by atoms with Crippen LogP contribution in [0, 0.1) is 0 Å². The van der Waals surface area contributed by atoms with Crippen molar-refractivity contribution in [3.8, 4) is 5.75 Å². The number of hydrogen-bond acceptors (Lipinski definition) is 5. The van der Waals surface area contributed by atoms with Crippen LogP contribution in [0.25, 0.3) is 0 Å². The van der Waals surface area contributed by atoms with Gasteiger partial charge in [0.05, 0.1) is 22.7 Å². The minimum atomic E-state index is -4.18. The molecule has 1 N–H and O–H groups in total. The normalized spacial score (nSPS) is 14.3. The van der Waals surface area contributed by atoms with Crippen LogP contribution < -0.4 is 14.4 Å². The Morgan fingerprint density at radius 2 is 1.76 bits per heavy atom.